The average Bonchev–Trinajstić information content (AvgIpc) is 3.23. The van der Waals surface area contributed by atoms with Crippen molar-refractivity contribution in [1.29, 1.82) is 0 Å². The molecule has 108 valence electrons. The van der Waals surface area contributed by atoms with Crippen LogP contribution in [0.3, 0.4) is 0 Å². The van der Waals surface area contributed by atoms with Gasteiger partial charge in [0.1, 0.15) is 0 Å². The summed E-state index contributed by atoms with van der Waals surface area (Å²) in [4.78, 5) is 1.28. The minimum absolute atomic E-state index is 1.15. The standard InChI is InChI=1S/C20H22S/c21-20-7-5-12-4-6-17(20)16-9-15(10-16)13-2-1-3-14(8-13)19-11-18(12)19/h7,21H,1-6,8-11H2/b15-13?,17-16?,18-12+,19-14+. The highest BCUT2D eigenvalue weighted by atomic mass is 32.1. The number of allylic oxidation sites excluding steroid dienone is 9. The summed E-state index contributed by atoms with van der Waals surface area (Å²) in [5.41, 5.74) is 13.8. The predicted molar refractivity (Wildman–Crippen MR) is 91.3 cm³/mol. The van der Waals surface area contributed by atoms with E-state index in [4.69, 9.17) is 12.6 Å². The number of hydrogen-bond acceptors (Lipinski definition) is 1. The molecule has 0 aromatic carbocycles. The predicted octanol–water partition coefficient (Wildman–Crippen LogP) is 5.96. The zero-order valence-corrected chi connectivity index (χ0v) is 13.5. The Morgan fingerprint density at radius 2 is 1.38 bits per heavy atom. The fourth-order valence-corrected chi connectivity index (χ4v) is 5.09. The van der Waals surface area contributed by atoms with Gasteiger partial charge in [0.15, 0.2) is 0 Å². The van der Waals surface area contributed by atoms with Crippen LogP contribution in [-0.2, 0) is 0 Å². The van der Waals surface area contributed by atoms with Crippen LogP contribution in [-0.4, -0.2) is 0 Å². The molecular formula is C20H22S. The molecule has 6 bridgehead atoms. The van der Waals surface area contributed by atoms with E-state index in [2.05, 4.69) is 6.08 Å². The van der Waals surface area contributed by atoms with Gasteiger partial charge in [-0.05, 0) is 80.9 Å². The molecular weight excluding hydrogens is 272 g/mol. The van der Waals surface area contributed by atoms with Gasteiger partial charge in [0.25, 0.3) is 0 Å². The molecule has 3 saturated carbocycles. The van der Waals surface area contributed by atoms with Crippen LogP contribution in [0.2, 0.25) is 0 Å². The van der Waals surface area contributed by atoms with Crippen molar-refractivity contribution in [2.75, 3.05) is 0 Å². The van der Waals surface area contributed by atoms with Crippen LogP contribution < -0.4 is 0 Å². The lowest BCUT2D eigenvalue weighted by atomic mass is 9.75. The Morgan fingerprint density at radius 1 is 0.619 bits per heavy atom. The first-order valence-electron chi connectivity index (χ1n) is 8.52. The summed E-state index contributed by atoms with van der Waals surface area (Å²) >= 11 is 4.81. The summed E-state index contributed by atoms with van der Waals surface area (Å²) in [7, 11) is 0. The van der Waals surface area contributed by atoms with Crippen LogP contribution in [0.1, 0.15) is 64.2 Å². The van der Waals surface area contributed by atoms with Crippen LogP contribution in [0.25, 0.3) is 0 Å². The smallest absolute Gasteiger partial charge is 0.00352 e. The van der Waals surface area contributed by atoms with Crippen molar-refractivity contribution in [1.82, 2.24) is 0 Å². The summed E-state index contributed by atoms with van der Waals surface area (Å²) in [6, 6.07) is 0. The Bertz CT molecular complexity index is 694. The van der Waals surface area contributed by atoms with Gasteiger partial charge in [-0.15, -0.1) is 12.6 Å². The topological polar surface area (TPSA) is 0 Å². The van der Waals surface area contributed by atoms with E-state index in [1.807, 2.05) is 0 Å². The second-order valence-electron chi connectivity index (χ2n) is 7.31. The van der Waals surface area contributed by atoms with Crippen molar-refractivity contribution >= 4 is 12.6 Å². The van der Waals surface area contributed by atoms with Crippen molar-refractivity contribution in [3.05, 3.63) is 55.6 Å². The Hall–Kier alpha value is -0.950. The molecule has 6 aliphatic carbocycles. The lowest BCUT2D eigenvalue weighted by molar-refractivity contribution is 0.671. The lowest BCUT2D eigenvalue weighted by Crippen LogP contribution is -2.12. The van der Waals surface area contributed by atoms with Gasteiger partial charge < -0.3 is 0 Å². The number of hydrogen-bond donors (Lipinski definition) is 1. The molecule has 0 nitrogen and oxygen atoms in total. The van der Waals surface area contributed by atoms with Crippen LogP contribution in [0, 0.1) is 0 Å². The summed E-state index contributed by atoms with van der Waals surface area (Å²) in [5, 5.41) is 0. The second kappa shape index (κ2) is 4.52. The lowest BCUT2D eigenvalue weighted by Gasteiger charge is -2.31. The molecule has 6 rings (SSSR count). The van der Waals surface area contributed by atoms with Crippen LogP contribution in [0.5, 0.6) is 0 Å². The quantitative estimate of drug-likeness (QED) is 0.414. The molecule has 0 unspecified atom stereocenters. The molecule has 0 aliphatic heterocycles. The molecule has 0 saturated heterocycles. The fraction of sp³-hybridized carbons (Fsp3) is 0.500. The second-order valence-corrected chi connectivity index (χ2v) is 7.79. The highest BCUT2D eigenvalue weighted by molar-refractivity contribution is 7.84. The van der Waals surface area contributed by atoms with Gasteiger partial charge >= 0.3 is 0 Å². The van der Waals surface area contributed by atoms with Crippen molar-refractivity contribution in [3.63, 3.8) is 0 Å². The molecule has 0 radical (unpaired) electrons. The molecule has 1 heteroatoms. The van der Waals surface area contributed by atoms with Crippen LogP contribution in [0.15, 0.2) is 55.6 Å². The van der Waals surface area contributed by atoms with Crippen molar-refractivity contribution in [2.24, 2.45) is 0 Å². The molecule has 0 heterocycles. The molecule has 0 amide bonds. The third-order valence-electron chi connectivity index (χ3n) is 6.14. The highest BCUT2D eigenvalue weighted by Gasteiger charge is 2.33. The molecule has 0 N–H and O–H groups in total. The summed E-state index contributed by atoms with van der Waals surface area (Å²) in [6.45, 7) is 0. The Balaban J connectivity index is 1.69. The Kier molecular flexibility index (Phi) is 2.71. The first-order valence-corrected chi connectivity index (χ1v) is 8.96. The minimum Gasteiger partial charge on any atom is -0.143 e. The first-order chi connectivity index (χ1) is 10.3. The first kappa shape index (κ1) is 12.6. The van der Waals surface area contributed by atoms with E-state index in [1.165, 1.54) is 62.7 Å². The SMILES string of the molecule is SC1=CC/C2=C3\C\C3=C3\CCCC(=C4CC(=C1CC2)C4)C3. The van der Waals surface area contributed by atoms with Gasteiger partial charge in [-0.25, -0.2) is 0 Å². The van der Waals surface area contributed by atoms with Crippen molar-refractivity contribution in [3.8, 4) is 0 Å². The highest BCUT2D eigenvalue weighted by Crippen LogP contribution is 2.52. The minimum atomic E-state index is 1.15. The van der Waals surface area contributed by atoms with Crippen molar-refractivity contribution < 1.29 is 0 Å². The maximum Gasteiger partial charge on any atom is 0.00352 e. The van der Waals surface area contributed by atoms with Crippen LogP contribution >= 0.6 is 12.6 Å². The number of thiol groups is 1. The Morgan fingerprint density at radius 3 is 2.29 bits per heavy atom. The molecule has 0 spiro atoms. The average molecular weight is 294 g/mol. The van der Waals surface area contributed by atoms with Gasteiger partial charge in [-0.2, -0.15) is 0 Å². The Labute approximate surface area is 132 Å². The largest absolute Gasteiger partial charge is 0.143 e. The third-order valence-corrected chi connectivity index (χ3v) is 6.59. The van der Waals surface area contributed by atoms with Crippen LogP contribution in [0.4, 0.5) is 0 Å². The molecule has 0 aromatic rings. The van der Waals surface area contributed by atoms with Gasteiger partial charge in [0.2, 0.25) is 0 Å². The van der Waals surface area contributed by atoms with Crippen molar-refractivity contribution in [2.45, 2.75) is 64.2 Å². The fourth-order valence-electron chi connectivity index (χ4n) is 4.73. The van der Waals surface area contributed by atoms with Gasteiger partial charge in [0.05, 0.1) is 0 Å². The monoisotopic (exact) mass is 294 g/mol. The van der Waals surface area contributed by atoms with E-state index in [0.29, 0.717) is 0 Å². The molecule has 0 atom stereocenters. The molecule has 21 heavy (non-hydrogen) atoms. The molecule has 6 aliphatic rings. The summed E-state index contributed by atoms with van der Waals surface area (Å²) < 4.78 is 0. The summed E-state index contributed by atoms with van der Waals surface area (Å²) in [6.07, 6.45) is 15.3. The summed E-state index contributed by atoms with van der Waals surface area (Å²) in [5.74, 6) is 0. The van der Waals surface area contributed by atoms with E-state index < -0.39 is 0 Å². The zero-order chi connectivity index (χ0) is 14.0. The molecule has 3 fully saturated rings. The van der Waals surface area contributed by atoms with Gasteiger partial charge in [0, 0.05) is 4.91 Å². The van der Waals surface area contributed by atoms with E-state index in [1.54, 1.807) is 44.6 Å². The van der Waals surface area contributed by atoms with Gasteiger partial charge in [-0.3, -0.25) is 0 Å². The maximum atomic E-state index is 4.81. The third kappa shape index (κ3) is 1.97. The maximum absolute atomic E-state index is 4.81. The number of rotatable bonds is 0. The van der Waals surface area contributed by atoms with E-state index in [0.717, 1.165) is 6.42 Å². The van der Waals surface area contributed by atoms with E-state index in [-0.39, 0.29) is 0 Å². The normalized spacial score (nSPS) is 34.6. The van der Waals surface area contributed by atoms with E-state index in [9.17, 15) is 0 Å². The van der Waals surface area contributed by atoms with E-state index >= 15 is 0 Å². The zero-order valence-electron chi connectivity index (χ0n) is 12.6. The van der Waals surface area contributed by atoms with Gasteiger partial charge in [-0.1, -0.05) is 33.9 Å². The molecule has 0 aromatic heterocycles.